The summed E-state index contributed by atoms with van der Waals surface area (Å²) in [6, 6.07) is 3.40. The maximum absolute atomic E-state index is 13.5. The van der Waals surface area contributed by atoms with E-state index in [9.17, 15) is 9.59 Å². The summed E-state index contributed by atoms with van der Waals surface area (Å²) in [5.41, 5.74) is 3.40. The molecule has 9 heteroatoms. The van der Waals surface area contributed by atoms with Crippen LogP contribution in [-0.2, 0) is 15.1 Å². The van der Waals surface area contributed by atoms with Crippen molar-refractivity contribution in [1.29, 1.82) is 0 Å². The Morgan fingerprint density at radius 1 is 1.27 bits per heavy atom. The molecule has 3 aromatic rings. The van der Waals surface area contributed by atoms with Crippen molar-refractivity contribution in [1.82, 2.24) is 25.2 Å². The summed E-state index contributed by atoms with van der Waals surface area (Å²) < 4.78 is 5.77. The van der Waals surface area contributed by atoms with Gasteiger partial charge in [-0.05, 0) is 50.3 Å². The van der Waals surface area contributed by atoms with Crippen molar-refractivity contribution in [2.45, 2.75) is 52.1 Å². The zero-order chi connectivity index (χ0) is 23.9. The lowest BCUT2D eigenvalue weighted by atomic mass is 9.95. The van der Waals surface area contributed by atoms with Gasteiger partial charge in [0.05, 0.1) is 23.9 Å². The van der Waals surface area contributed by atoms with E-state index in [1.54, 1.807) is 0 Å². The number of hydrogen-bond acceptors (Lipinski definition) is 4. The van der Waals surface area contributed by atoms with Crippen LogP contribution in [0.3, 0.4) is 0 Å². The summed E-state index contributed by atoms with van der Waals surface area (Å²) in [6.45, 7) is 8.53. The number of aromatic nitrogens is 3. The van der Waals surface area contributed by atoms with Crippen LogP contribution >= 0.6 is 15.9 Å². The van der Waals surface area contributed by atoms with Gasteiger partial charge in [0.1, 0.15) is 11.9 Å². The largest absolute Gasteiger partial charge is 0.453 e. The molecule has 1 saturated heterocycles. The Kier molecular flexibility index (Phi) is 6.26. The number of ether oxygens (including phenoxy) is 1. The summed E-state index contributed by atoms with van der Waals surface area (Å²) in [7, 11) is 1.30. The average molecular weight is 516 g/mol. The summed E-state index contributed by atoms with van der Waals surface area (Å²) >= 11 is 3.64. The number of alkyl carbamates (subject to hydrolysis) is 1. The van der Waals surface area contributed by atoms with Gasteiger partial charge < -0.3 is 24.9 Å². The van der Waals surface area contributed by atoms with Crippen LogP contribution in [0.4, 0.5) is 4.79 Å². The van der Waals surface area contributed by atoms with E-state index in [0.717, 1.165) is 50.9 Å². The minimum atomic E-state index is -0.669. The number of nitrogens with one attached hydrogen (secondary N) is 3. The van der Waals surface area contributed by atoms with Crippen molar-refractivity contribution >= 4 is 38.8 Å². The Morgan fingerprint density at radius 3 is 2.73 bits per heavy atom. The third-order valence-corrected chi connectivity index (χ3v) is 7.31. The molecule has 1 aliphatic rings. The fraction of sp³-hybridized carbons (Fsp3) is 0.458. The molecule has 2 amide bonds. The molecular weight excluding hydrogens is 486 g/mol. The Labute approximate surface area is 201 Å². The topological polar surface area (TPSA) is 103 Å². The van der Waals surface area contributed by atoms with Crippen molar-refractivity contribution in [3.63, 3.8) is 0 Å². The van der Waals surface area contributed by atoms with Crippen LogP contribution in [-0.4, -0.2) is 51.5 Å². The number of nitrogens with zero attached hydrogens (tertiary/aromatic N) is 2. The molecule has 176 valence electrons. The molecule has 8 nitrogen and oxygen atoms in total. The summed E-state index contributed by atoms with van der Waals surface area (Å²) in [5, 5.41) is 3.83. The van der Waals surface area contributed by atoms with Gasteiger partial charge in [-0.15, -0.1) is 0 Å². The zero-order valence-corrected chi connectivity index (χ0v) is 21.2. The predicted molar refractivity (Wildman–Crippen MR) is 131 cm³/mol. The molecule has 0 unspecified atom stereocenters. The number of aryl methyl sites for hydroxylation is 1. The van der Waals surface area contributed by atoms with Gasteiger partial charge in [-0.1, -0.05) is 29.8 Å². The van der Waals surface area contributed by atoms with Crippen LogP contribution in [0.2, 0.25) is 0 Å². The average Bonchev–Trinajstić information content (AvgIpc) is 3.51. The van der Waals surface area contributed by atoms with E-state index in [2.05, 4.69) is 38.1 Å². The van der Waals surface area contributed by atoms with Gasteiger partial charge >= 0.3 is 6.09 Å². The molecule has 0 bridgehead atoms. The Balaban J connectivity index is 1.68. The molecule has 1 fully saturated rings. The lowest BCUT2D eigenvalue weighted by molar-refractivity contribution is -0.138. The van der Waals surface area contributed by atoms with E-state index in [4.69, 9.17) is 9.72 Å². The third-order valence-electron chi connectivity index (χ3n) is 6.64. The third kappa shape index (κ3) is 4.03. The van der Waals surface area contributed by atoms with Crippen LogP contribution in [0, 0.1) is 12.8 Å². The highest BCUT2D eigenvalue weighted by Gasteiger charge is 2.46. The van der Waals surface area contributed by atoms with Crippen LogP contribution in [0.5, 0.6) is 0 Å². The van der Waals surface area contributed by atoms with Crippen LogP contribution < -0.4 is 5.32 Å². The molecule has 1 aromatic carbocycles. The lowest BCUT2D eigenvalue weighted by Gasteiger charge is -2.37. The standard InChI is InChI=1S/C24H30BrN5O3/c1-13(2)19(29-23(32)33-5)21(31)30-10-6-9-24(30,4)22-27-12-17(28-22)15-7-8-16(25)18-14(3)11-26-20(15)18/h7-8,11-13,19,26H,6,9-10H2,1-5H3,(H,27,28)(H,29,32)/t19-,24-/m0/s1. The van der Waals surface area contributed by atoms with Crippen molar-refractivity contribution in [2.75, 3.05) is 13.7 Å². The molecule has 33 heavy (non-hydrogen) atoms. The summed E-state index contributed by atoms with van der Waals surface area (Å²) in [4.78, 5) is 38.8. The van der Waals surface area contributed by atoms with Crippen LogP contribution in [0.15, 0.2) is 29.0 Å². The normalized spacial score (nSPS) is 19.3. The molecule has 0 spiro atoms. The minimum Gasteiger partial charge on any atom is -0.453 e. The number of amides is 2. The molecule has 4 rings (SSSR count). The van der Waals surface area contributed by atoms with Gasteiger partial charge in [0.2, 0.25) is 5.91 Å². The smallest absolute Gasteiger partial charge is 0.407 e. The quantitative estimate of drug-likeness (QED) is 0.451. The van der Waals surface area contributed by atoms with Gasteiger partial charge in [-0.25, -0.2) is 9.78 Å². The minimum absolute atomic E-state index is 0.0826. The number of halogens is 1. The molecule has 3 heterocycles. The van der Waals surface area contributed by atoms with Gasteiger partial charge in [-0.3, -0.25) is 4.79 Å². The number of methoxy groups -OCH3 is 1. The molecular formula is C24H30BrN5O3. The number of benzene rings is 1. The number of rotatable bonds is 5. The van der Waals surface area contributed by atoms with Gasteiger partial charge in [0.25, 0.3) is 0 Å². The van der Waals surface area contributed by atoms with Crippen LogP contribution in [0.1, 0.15) is 45.0 Å². The molecule has 0 saturated carbocycles. The fourth-order valence-corrected chi connectivity index (χ4v) is 5.39. The maximum atomic E-state index is 13.5. The first kappa shape index (κ1) is 23.4. The first-order chi connectivity index (χ1) is 15.7. The van der Waals surface area contributed by atoms with E-state index in [1.807, 2.05) is 50.2 Å². The Morgan fingerprint density at radius 2 is 2.03 bits per heavy atom. The molecule has 2 atom stereocenters. The zero-order valence-electron chi connectivity index (χ0n) is 19.6. The van der Waals surface area contributed by atoms with Crippen molar-refractivity contribution in [3.8, 4) is 11.3 Å². The van der Waals surface area contributed by atoms with E-state index in [0.29, 0.717) is 6.54 Å². The number of likely N-dealkylation sites (tertiary alicyclic amines) is 1. The van der Waals surface area contributed by atoms with E-state index < -0.39 is 17.7 Å². The lowest BCUT2D eigenvalue weighted by Crippen LogP contribution is -2.55. The Hall–Kier alpha value is -2.81. The summed E-state index contributed by atoms with van der Waals surface area (Å²) in [6.07, 6.45) is 4.92. The number of hydrogen-bond donors (Lipinski definition) is 3. The second-order valence-electron chi connectivity index (χ2n) is 9.18. The monoisotopic (exact) mass is 515 g/mol. The highest BCUT2D eigenvalue weighted by Crippen LogP contribution is 2.40. The molecule has 1 aliphatic heterocycles. The number of fused-ring (bicyclic) bond motifs is 1. The van der Waals surface area contributed by atoms with E-state index >= 15 is 0 Å². The molecule has 3 N–H and O–H groups in total. The highest BCUT2D eigenvalue weighted by atomic mass is 79.9. The molecule has 0 radical (unpaired) electrons. The second-order valence-corrected chi connectivity index (χ2v) is 10.0. The molecule has 2 aromatic heterocycles. The van der Waals surface area contributed by atoms with Crippen LogP contribution in [0.25, 0.3) is 22.2 Å². The maximum Gasteiger partial charge on any atom is 0.407 e. The number of aromatic amines is 2. The molecule has 0 aliphatic carbocycles. The van der Waals surface area contributed by atoms with E-state index in [1.165, 1.54) is 7.11 Å². The van der Waals surface area contributed by atoms with Gasteiger partial charge in [-0.2, -0.15) is 0 Å². The Bertz CT molecular complexity index is 1200. The fourth-order valence-electron chi connectivity index (χ4n) is 4.74. The predicted octanol–water partition coefficient (Wildman–Crippen LogP) is 4.85. The van der Waals surface area contributed by atoms with Gasteiger partial charge in [0.15, 0.2) is 0 Å². The van der Waals surface area contributed by atoms with Gasteiger partial charge in [0, 0.05) is 34.4 Å². The van der Waals surface area contributed by atoms with Crippen molar-refractivity contribution < 1.29 is 14.3 Å². The number of carbonyl (C=O) groups excluding carboxylic acids is 2. The number of H-pyrrole nitrogens is 2. The number of imidazole rings is 1. The summed E-state index contributed by atoms with van der Waals surface area (Å²) in [5.74, 6) is 0.531. The van der Waals surface area contributed by atoms with Crippen molar-refractivity contribution in [3.05, 3.63) is 40.4 Å². The number of carbonyl (C=O) groups is 2. The second kappa shape index (κ2) is 8.85. The van der Waals surface area contributed by atoms with E-state index in [-0.39, 0.29) is 11.8 Å². The first-order valence-corrected chi connectivity index (χ1v) is 11.9. The SMILES string of the molecule is COC(=O)N[C@H](C(=O)N1CCC[C@@]1(C)c1nc(-c2ccc(Br)c3c(C)c[nH]c23)c[nH]1)C(C)C. The highest BCUT2D eigenvalue weighted by molar-refractivity contribution is 9.10. The first-order valence-electron chi connectivity index (χ1n) is 11.2. The van der Waals surface area contributed by atoms with Crippen molar-refractivity contribution in [2.24, 2.45) is 5.92 Å².